The van der Waals surface area contributed by atoms with Crippen LogP contribution in [0.2, 0.25) is 0 Å². The van der Waals surface area contributed by atoms with Gasteiger partial charge >= 0.3 is 0 Å². The first-order valence-corrected chi connectivity index (χ1v) is 8.62. The van der Waals surface area contributed by atoms with Crippen molar-refractivity contribution in [3.05, 3.63) is 24.3 Å². The van der Waals surface area contributed by atoms with Crippen molar-refractivity contribution >= 4 is 5.91 Å². The van der Waals surface area contributed by atoms with Crippen molar-refractivity contribution in [2.24, 2.45) is 0 Å². The molecule has 0 aromatic carbocycles. The number of rotatable bonds is 8. The molecular weight excluding hydrogens is 308 g/mol. The standard InChI is InChI=1S/C17H24N4O3/c1-2-9-21(11-15(22)18-13-6-3-4-7-13)12-16-19-20-17(24-16)14-8-5-10-23-14/h5,8,10,13H,2-4,6-7,9,11-12H2,1H3,(H,18,22). The average Bonchev–Trinajstić information content (AvgIpc) is 3.29. The number of carbonyl (C=O) groups is 1. The number of carbonyl (C=O) groups excluding carboxylic acids is 1. The molecule has 130 valence electrons. The van der Waals surface area contributed by atoms with Crippen molar-refractivity contribution in [1.29, 1.82) is 0 Å². The molecule has 1 fully saturated rings. The summed E-state index contributed by atoms with van der Waals surface area (Å²) in [5.74, 6) is 1.47. The summed E-state index contributed by atoms with van der Waals surface area (Å²) < 4.78 is 10.9. The Labute approximate surface area is 141 Å². The number of hydrogen-bond acceptors (Lipinski definition) is 6. The lowest BCUT2D eigenvalue weighted by Gasteiger charge is -2.20. The average molecular weight is 332 g/mol. The van der Waals surface area contributed by atoms with Gasteiger partial charge < -0.3 is 14.2 Å². The maximum atomic E-state index is 12.2. The third-order valence-electron chi connectivity index (χ3n) is 4.19. The summed E-state index contributed by atoms with van der Waals surface area (Å²) in [5.41, 5.74) is 0. The van der Waals surface area contributed by atoms with Crippen LogP contribution in [-0.4, -0.2) is 40.1 Å². The highest BCUT2D eigenvalue weighted by atomic mass is 16.4. The van der Waals surface area contributed by atoms with E-state index in [4.69, 9.17) is 8.83 Å². The quantitative estimate of drug-likeness (QED) is 0.800. The van der Waals surface area contributed by atoms with Crippen molar-refractivity contribution in [3.8, 4) is 11.7 Å². The van der Waals surface area contributed by atoms with Crippen molar-refractivity contribution in [2.75, 3.05) is 13.1 Å². The van der Waals surface area contributed by atoms with Crippen LogP contribution in [0.15, 0.2) is 27.2 Å². The molecule has 1 N–H and O–H groups in total. The highest BCUT2D eigenvalue weighted by molar-refractivity contribution is 5.78. The van der Waals surface area contributed by atoms with E-state index in [9.17, 15) is 4.79 Å². The minimum Gasteiger partial charge on any atom is -0.459 e. The minimum absolute atomic E-state index is 0.0705. The van der Waals surface area contributed by atoms with E-state index in [0.717, 1.165) is 25.8 Å². The molecule has 0 saturated heterocycles. The zero-order valence-corrected chi connectivity index (χ0v) is 14.0. The van der Waals surface area contributed by atoms with Gasteiger partial charge in [-0.05, 0) is 37.9 Å². The molecule has 1 aliphatic rings. The Bertz CT molecular complexity index is 632. The van der Waals surface area contributed by atoms with Crippen molar-refractivity contribution in [1.82, 2.24) is 20.4 Å². The van der Waals surface area contributed by atoms with E-state index in [1.165, 1.54) is 12.8 Å². The fraction of sp³-hybridized carbons (Fsp3) is 0.588. The Balaban J connectivity index is 1.56. The molecule has 2 heterocycles. The van der Waals surface area contributed by atoms with Crippen LogP contribution in [0, 0.1) is 0 Å². The van der Waals surface area contributed by atoms with Crippen LogP contribution < -0.4 is 5.32 Å². The van der Waals surface area contributed by atoms with Crippen LogP contribution in [0.3, 0.4) is 0 Å². The maximum Gasteiger partial charge on any atom is 0.283 e. The first kappa shape index (κ1) is 16.7. The van der Waals surface area contributed by atoms with Crippen LogP contribution in [0.5, 0.6) is 0 Å². The summed E-state index contributed by atoms with van der Waals surface area (Å²) in [6.07, 6.45) is 7.12. The second-order valence-corrected chi connectivity index (χ2v) is 6.24. The molecule has 0 spiro atoms. The van der Waals surface area contributed by atoms with Crippen molar-refractivity contribution < 1.29 is 13.6 Å². The molecule has 1 saturated carbocycles. The molecular formula is C17H24N4O3. The SMILES string of the molecule is CCCN(CC(=O)NC1CCCC1)Cc1nnc(-c2ccco2)o1. The van der Waals surface area contributed by atoms with E-state index in [1.54, 1.807) is 18.4 Å². The molecule has 0 unspecified atom stereocenters. The molecule has 7 nitrogen and oxygen atoms in total. The van der Waals surface area contributed by atoms with Crippen LogP contribution in [0.25, 0.3) is 11.7 Å². The number of aromatic nitrogens is 2. The zero-order valence-electron chi connectivity index (χ0n) is 14.0. The predicted octanol–water partition coefficient (Wildman–Crippen LogP) is 2.60. The monoisotopic (exact) mass is 332 g/mol. The summed E-state index contributed by atoms with van der Waals surface area (Å²) in [5, 5.41) is 11.2. The second kappa shape index (κ2) is 8.10. The van der Waals surface area contributed by atoms with E-state index in [2.05, 4.69) is 22.4 Å². The molecule has 1 amide bonds. The lowest BCUT2D eigenvalue weighted by atomic mass is 10.2. The van der Waals surface area contributed by atoms with E-state index in [1.807, 2.05) is 4.90 Å². The van der Waals surface area contributed by atoms with Gasteiger partial charge in [-0.2, -0.15) is 0 Å². The van der Waals surface area contributed by atoms with Gasteiger partial charge in [-0.15, -0.1) is 10.2 Å². The third-order valence-corrected chi connectivity index (χ3v) is 4.19. The van der Waals surface area contributed by atoms with Crippen LogP contribution in [-0.2, 0) is 11.3 Å². The largest absolute Gasteiger partial charge is 0.459 e. The summed E-state index contributed by atoms with van der Waals surface area (Å²) >= 11 is 0. The zero-order chi connectivity index (χ0) is 16.8. The molecule has 3 rings (SSSR count). The molecule has 7 heteroatoms. The van der Waals surface area contributed by atoms with Crippen LogP contribution in [0.1, 0.15) is 44.9 Å². The van der Waals surface area contributed by atoms with Gasteiger partial charge in [-0.25, -0.2) is 0 Å². The van der Waals surface area contributed by atoms with Crippen LogP contribution in [0.4, 0.5) is 0 Å². The van der Waals surface area contributed by atoms with Gasteiger partial charge in [0.1, 0.15) is 0 Å². The van der Waals surface area contributed by atoms with Crippen LogP contribution >= 0.6 is 0 Å². The molecule has 0 aliphatic heterocycles. The first-order valence-electron chi connectivity index (χ1n) is 8.62. The molecule has 2 aromatic heterocycles. The predicted molar refractivity (Wildman–Crippen MR) is 88.0 cm³/mol. The normalized spacial score (nSPS) is 15.2. The molecule has 0 radical (unpaired) electrons. The molecule has 0 bridgehead atoms. The highest BCUT2D eigenvalue weighted by Crippen LogP contribution is 2.19. The van der Waals surface area contributed by atoms with Gasteiger partial charge in [0.2, 0.25) is 11.8 Å². The Morgan fingerprint density at radius 2 is 2.21 bits per heavy atom. The van der Waals surface area contributed by atoms with Gasteiger partial charge in [0.05, 0.1) is 19.4 Å². The fourth-order valence-electron chi connectivity index (χ4n) is 3.09. The smallest absolute Gasteiger partial charge is 0.283 e. The Kier molecular flexibility index (Phi) is 5.63. The van der Waals surface area contributed by atoms with Crippen molar-refractivity contribution in [2.45, 2.75) is 51.6 Å². The Morgan fingerprint density at radius 1 is 1.38 bits per heavy atom. The lowest BCUT2D eigenvalue weighted by molar-refractivity contribution is -0.123. The van der Waals surface area contributed by atoms with E-state index < -0.39 is 0 Å². The van der Waals surface area contributed by atoms with Gasteiger partial charge in [-0.1, -0.05) is 19.8 Å². The number of nitrogens with zero attached hydrogens (tertiary/aromatic N) is 3. The molecule has 1 aliphatic carbocycles. The maximum absolute atomic E-state index is 12.2. The van der Waals surface area contributed by atoms with Gasteiger partial charge in [0.15, 0.2) is 5.76 Å². The summed E-state index contributed by atoms with van der Waals surface area (Å²) in [6, 6.07) is 3.89. The fourth-order valence-corrected chi connectivity index (χ4v) is 3.09. The lowest BCUT2D eigenvalue weighted by Crippen LogP contribution is -2.41. The number of hydrogen-bond donors (Lipinski definition) is 1. The summed E-state index contributed by atoms with van der Waals surface area (Å²) in [7, 11) is 0. The topological polar surface area (TPSA) is 84.4 Å². The Morgan fingerprint density at radius 3 is 2.92 bits per heavy atom. The first-order chi connectivity index (χ1) is 11.7. The van der Waals surface area contributed by atoms with Gasteiger partial charge in [0, 0.05) is 6.04 Å². The number of amides is 1. The third kappa shape index (κ3) is 4.44. The second-order valence-electron chi connectivity index (χ2n) is 6.24. The molecule has 0 atom stereocenters. The Hall–Kier alpha value is -2.15. The number of nitrogens with one attached hydrogen (secondary N) is 1. The number of furan rings is 1. The van der Waals surface area contributed by atoms with Gasteiger partial charge in [0.25, 0.3) is 5.89 Å². The summed E-state index contributed by atoms with van der Waals surface area (Å²) in [4.78, 5) is 14.3. The van der Waals surface area contributed by atoms with E-state index >= 15 is 0 Å². The molecule has 24 heavy (non-hydrogen) atoms. The minimum atomic E-state index is 0.0705. The van der Waals surface area contributed by atoms with E-state index in [0.29, 0.717) is 36.7 Å². The summed E-state index contributed by atoms with van der Waals surface area (Å²) in [6.45, 7) is 3.70. The highest BCUT2D eigenvalue weighted by Gasteiger charge is 2.20. The molecule has 2 aromatic rings. The van der Waals surface area contributed by atoms with Gasteiger partial charge in [-0.3, -0.25) is 9.69 Å². The van der Waals surface area contributed by atoms with Crippen molar-refractivity contribution in [3.63, 3.8) is 0 Å². The van der Waals surface area contributed by atoms with E-state index in [-0.39, 0.29) is 5.91 Å².